The number of fused-ring (bicyclic) bond motifs is 2. The molecular formula is C57H74F6N6O7S2. The minimum atomic E-state index is -4.77. The number of carbonyl (C=O) groups excluding carboxylic acids is 6. The highest BCUT2D eigenvalue weighted by Crippen LogP contribution is 2.50. The molecule has 0 unspecified atom stereocenters. The zero-order valence-electron chi connectivity index (χ0n) is 46.1. The minimum absolute atomic E-state index is 0.00401. The lowest BCUT2D eigenvalue weighted by Crippen LogP contribution is -2.49. The molecule has 3 aromatic carbocycles. The molecule has 3 aromatic rings. The van der Waals surface area contributed by atoms with Crippen LogP contribution in [0.25, 0.3) is 0 Å². The number of ether oxygens (including phenoxy) is 1. The highest BCUT2D eigenvalue weighted by atomic mass is 32.2. The summed E-state index contributed by atoms with van der Waals surface area (Å²) in [6, 6.07) is 12.8. The normalized spacial score (nSPS) is 17.7. The molecule has 0 radical (unpaired) electrons. The second-order valence-corrected chi connectivity index (χ2v) is 25.1. The molecule has 6 amide bonds. The summed E-state index contributed by atoms with van der Waals surface area (Å²) in [5.74, 6) is -2.13. The Morgan fingerprint density at radius 1 is 0.641 bits per heavy atom. The van der Waals surface area contributed by atoms with Crippen LogP contribution < -0.4 is 20.4 Å². The maximum atomic E-state index is 14.4. The van der Waals surface area contributed by atoms with Crippen molar-refractivity contribution < 1.29 is 59.8 Å². The summed E-state index contributed by atoms with van der Waals surface area (Å²) in [6.07, 6.45) is -1.05. The number of nitrogens with zero attached hydrogens (tertiary/aromatic N) is 4. The molecule has 2 saturated carbocycles. The van der Waals surface area contributed by atoms with Crippen molar-refractivity contribution in [3.63, 3.8) is 0 Å². The molecule has 7 rings (SSSR count). The third-order valence-electron chi connectivity index (χ3n) is 14.4. The first kappa shape index (κ1) is 61.8. The number of nitrogens with one attached hydrogen (secondary N) is 2. The van der Waals surface area contributed by atoms with E-state index in [4.69, 9.17) is 4.74 Å². The topological polar surface area (TPSA) is 149 Å². The Bertz CT molecular complexity index is 2650. The lowest BCUT2D eigenvalue weighted by atomic mass is 9.92. The molecule has 2 fully saturated rings. The number of alkyl carbamates (subject to hydrolysis) is 1. The lowest BCUT2D eigenvalue weighted by molar-refractivity contribution is -0.139. The van der Waals surface area contributed by atoms with Gasteiger partial charge in [0.05, 0.1) is 43.1 Å². The van der Waals surface area contributed by atoms with Gasteiger partial charge < -0.3 is 35.0 Å². The van der Waals surface area contributed by atoms with Gasteiger partial charge in [0.15, 0.2) is 0 Å². The average molecular weight is 1130 g/mol. The van der Waals surface area contributed by atoms with E-state index in [2.05, 4.69) is 10.6 Å². The molecule has 2 N–H and O–H groups in total. The predicted octanol–water partition coefficient (Wildman–Crippen LogP) is 12.7. The molecule has 21 heteroatoms. The third-order valence-corrected chi connectivity index (χ3v) is 16.9. The molecule has 0 saturated heterocycles. The number of benzene rings is 3. The second-order valence-electron chi connectivity index (χ2n) is 21.8. The van der Waals surface area contributed by atoms with Crippen molar-refractivity contribution in [2.75, 3.05) is 36.0 Å². The van der Waals surface area contributed by atoms with Gasteiger partial charge in [-0.1, -0.05) is 75.8 Å². The number of thioether (sulfide) groups is 2. The van der Waals surface area contributed by atoms with Gasteiger partial charge in [-0.15, -0.1) is 23.5 Å². The first-order valence-electron chi connectivity index (χ1n) is 27.0. The fourth-order valence-corrected chi connectivity index (χ4v) is 13.0. The van der Waals surface area contributed by atoms with Crippen LogP contribution in [0.1, 0.15) is 170 Å². The third kappa shape index (κ3) is 14.9. The summed E-state index contributed by atoms with van der Waals surface area (Å²) in [5, 5.41) is 5.32. The number of halogens is 6. The summed E-state index contributed by atoms with van der Waals surface area (Å²) in [6.45, 7) is 15.9. The highest BCUT2D eigenvalue weighted by Gasteiger charge is 2.47. The zero-order chi connectivity index (χ0) is 57.5. The van der Waals surface area contributed by atoms with Crippen LogP contribution in [0.2, 0.25) is 0 Å². The largest absolute Gasteiger partial charge is 0.445 e. The number of hydrogen-bond donors (Lipinski definition) is 2. The van der Waals surface area contributed by atoms with Gasteiger partial charge in [-0.05, 0) is 111 Å². The number of carbonyl (C=O) groups is 6. The molecule has 0 aromatic heterocycles. The van der Waals surface area contributed by atoms with E-state index in [9.17, 15) is 55.1 Å². The number of amides is 6. The minimum Gasteiger partial charge on any atom is -0.445 e. The molecule has 0 atom stereocenters. The molecular weight excluding hydrogens is 1060 g/mol. The van der Waals surface area contributed by atoms with Gasteiger partial charge in [0.2, 0.25) is 17.7 Å². The van der Waals surface area contributed by atoms with Crippen molar-refractivity contribution in [1.82, 2.24) is 20.4 Å². The van der Waals surface area contributed by atoms with E-state index in [1.807, 2.05) is 58.0 Å². The van der Waals surface area contributed by atoms with Crippen LogP contribution in [0.4, 0.5) is 42.5 Å². The van der Waals surface area contributed by atoms with Gasteiger partial charge in [-0.2, -0.15) is 26.3 Å². The Balaban J connectivity index is 0.000000255. The fourth-order valence-electron chi connectivity index (χ4n) is 10.6. The van der Waals surface area contributed by atoms with Gasteiger partial charge in [-0.3, -0.25) is 24.0 Å². The monoisotopic (exact) mass is 1130 g/mol. The van der Waals surface area contributed by atoms with Crippen LogP contribution in [0.3, 0.4) is 0 Å². The van der Waals surface area contributed by atoms with Crippen molar-refractivity contribution in [3.8, 4) is 0 Å². The molecule has 2 aliphatic heterocycles. The van der Waals surface area contributed by atoms with E-state index in [0.717, 1.165) is 105 Å². The average Bonchev–Trinajstić information content (AvgIpc) is 3.53. The molecule has 78 heavy (non-hydrogen) atoms. The van der Waals surface area contributed by atoms with E-state index in [1.54, 1.807) is 44.4 Å². The Labute approximate surface area is 462 Å². The van der Waals surface area contributed by atoms with Gasteiger partial charge in [0.25, 0.3) is 11.8 Å². The summed E-state index contributed by atoms with van der Waals surface area (Å²) in [4.78, 5) is 84.9. The highest BCUT2D eigenvalue weighted by molar-refractivity contribution is 8.02. The van der Waals surface area contributed by atoms with Crippen LogP contribution in [-0.2, 0) is 38.1 Å². The maximum Gasteiger partial charge on any atom is 0.417 e. The van der Waals surface area contributed by atoms with E-state index in [1.165, 1.54) is 21.9 Å². The van der Waals surface area contributed by atoms with Gasteiger partial charge in [0.1, 0.15) is 6.61 Å². The molecule has 2 heterocycles. The summed E-state index contributed by atoms with van der Waals surface area (Å²) in [7, 11) is 0. The van der Waals surface area contributed by atoms with Gasteiger partial charge in [-0.25, -0.2) is 4.79 Å². The van der Waals surface area contributed by atoms with Crippen LogP contribution in [-0.4, -0.2) is 105 Å². The van der Waals surface area contributed by atoms with Crippen LogP contribution in [0.5, 0.6) is 0 Å². The zero-order valence-corrected chi connectivity index (χ0v) is 47.7. The Hall–Kier alpha value is -5.44. The quantitative estimate of drug-likeness (QED) is 0.142. The van der Waals surface area contributed by atoms with Crippen molar-refractivity contribution in [1.29, 1.82) is 0 Å². The van der Waals surface area contributed by atoms with Crippen LogP contribution in [0, 0.1) is 0 Å². The van der Waals surface area contributed by atoms with E-state index in [0.29, 0.717) is 4.90 Å². The standard InChI is InChI=1S/C31H38F3N3O4S.C26H36F3N3O3S/c1-20(2)37(22-13-9-6-10-14-22)27(38)23-17-25-26(18-24(23)31(32,33)34)42-30(3,4)28(39)36(25)16-15-35-29(40)41-19-21-11-7-5-8-12-21;1-6-22(33)30-12-13-31-20-14-18(23(34)32(16(2)3)17-10-8-7-9-11-17)19(26(27,28)29)15-21(20)36-25(4,5)24(31)35/h5,7-8,11-12,17-18,20,22H,6,9-10,13-16,19H2,1-4H3,(H,35,40);14-17H,6-13H2,1-5H3,(H,30,33). The molecule has 13 nitrogen and oxygen atoms in total. The summed E-state index contributed by atoms with van der Waals surface area (Å²) >= 11 is 2.10. The molecule has 428 valence electrons. The van der Waals surface area contributed by atoms with Crippen LogP contribution >= 0.6 is 23.5 Å². The molecule has 2 aliphatic carbocycles. The van der Waals surface area contributed by atoms with E-state index in [-0.39, 0.29) is 97.4 Å². The number of anilines is 2. The Morgan fingerprint density at radius 2 is 1.04 bits per heavy atom. The second kappa shape index (κ2) is 25.8. The van der Waals surface area contributed by atoms with E-state index >= 15 is 0 Å². The van der Waals surface area contributed by atoms with E-state index < -0.39 is 62.0 Å². The number of hydrogen-bond acceptors (Lipinski definition) is 9. The first-order chi connectivity index (χ1) is 36.6. The van der Waals surface area contributed by atoms with Gasteiger partial charge in [0, 0.05) is 66.6 Å². The lowest BCUT2D eigenvalue weighted by Gasteiger charge is -2.40. The van der Waals surface area contributed by atoms with Gasteiger partial charge >= 0.3 is 18.4 Å². The summed E-state index contributed by atoms with van der Waals surface area (Å²) in [5.41, 5.74) is -1.57. The van der Waals surface area contributed by atoms with Crippen molar-refractivity contribution in [2.24, 2.45) is 0 Å². The maximum absolute atomic E-state index is 14.4. The van der Waals surface area contributed by atoms with Crippen molar-refractivity contribution in [3.05, 3.63) is 82.4 Å². The molecule has 0 bridgehead atoms. The smallest absolute Gasteiger partial charge is 0.417 e. The first-order valence-corrected chi connectivity index (χ1v) is 28.6. The Kier molecular flexibility index (Phi) is 20.4. The van der Waals surface area contributed by atoms with Crippen molar-refractivity contribution >= 4 is 70.5 Å². The fraction of sp³-hybridized carbons (Fsp3) is 0.579. The number of rotatable bonds is 15. The summed E-state index contributed by atoms with van der Waals surface area (Å²) < 4.78 is 89.3. The molecule has 4 aliphatic rings. The molecule has 0 spiro atoms. The Morgan fingerprint density at radius 3 is 1.41 bits per heavy atom. The number of alkyl halides is 6. The SMILES string of the molecule is CC(C)N(C(=O)c1cc2c(cc1C(F)(F)F)SC(C)(C)C(=O)N2CCNC(=O)OCc1ccccc1)C1CCCCC1.CCC(=O)NCCN1C(=O)C(C)(C)Sc2cc(C(F)(F)F)c(C(=O)N(C(C)C)C3CCCCC3)cc21. The van der Waals surface area contributed by atoms with Crippen molar-refractivity contribution in [2.45, 2.75) is 195 Å². The van der Waals surface area contributed by atoms with Crippen LogP contribution in [0.15, 0.2) is 64.4 Å². The predicted molar refractivity (Wildman–Crippen MR) is 292 cm³/mol.